The molecular weight excluding hydrogens is 230 g/mol. The molecule has 0 aromatic carbocycles. The smallest absolute Gasteiger partial charge is 0.323 e. The van der Waals surface area contributed by atoms with Gasteiger partial charge in [-0.3, -0.25) is 4.79 Å². The van der Waals surface area contributed by atoms with Crippen LogP contribution in [0, 0.1) is 0 Å². The number of rotatable bonds is 5. The number of carboxylic acid groups (broad SMARTS) is 1. The molecule has 96 valence electrons. The molecule has 0 aliphatic rings. The third-order valence-electron chi connectivity index (χ3n) is 2.41. The molecule has 2 N–H and O–H groups in total. The van der Waals surface area contributed by atoms with Crippen molar-refractivity contribution in [2.24, 2.45) is 0 Å². The lowest BCUT2D eigenvalue weighted by Crippen LogP contribution is -2.49. The SMILES string of the molecule is CC(C)(NCCS(=O)(=O)C(C)(C)C)C(=O)O. The van der Waals surface area contributed by atoms with Crippen LogP contribution in [-0.2, 0) is 14.6 Å². The van der Waals surface area contributed by atoms with E-state index in [1.165, 1.54) is 13.8 Å². The second-order valence-electron chi connectivity index (χ2n) is 5.29. The van der Waals surface area contributed by atoms with E-state index in [9.17, 15) is 13.2 Å². The third-order valence-corrected chi connectivity index (χ3v) is 5.01. The first-order chi connectivity index (χ1) is 6.90. The lowest BCUT2D eigenvalue weighted by Gasteiger charge is -2.23. The van der Waals surface area contributed by atoms with Gasteiger partial charge in [-0.2, -0.15) is 0 Å². The molecule has 0 heterocycles. The zero-order valence-electron chi connectivity index (χ0n) is 10.5. The highest BCUT2D eigenvalue weighted by molar-refractivity contribution is 7.92. The molecule has 0 bridgehead atoms. The van der Waals surface area contributed by atoms with Crippen molar-refractivity contribution in [3.63, 3.8) is 0 Å². The molecule has 0 radical (unpaired) electrons. The molecule has 16 heavy (non-hydrogen) atoms. The van der Waals surface area contributed by atoms with Crippen molar-refractivity contribution >= 4 is 15.8 Å². The van der Waals surface area contributed by atoms with Gasteiger partial charge in [0.15, 0.2) is 9.84 Å². The summed E-state index contributed by atoms with van der Waals surface area (Å²) in [6, 6.07) is 0. The fraction of sp³-hybridized carbons (Fsp3) is 0.900. The van der Waals surface area contributed by atoms with Crippen molar-refractivity contribution in [1.82, 2.24) is 5.32 Å². The van der Waals surface area contributed by atoms with Crippen LogP contribution in [0.4, 0.5) is 0 Å². The lowest BCUT2D eigenvalue weighted by atomic mass is 10.1. The Kier molecular flexibility index (Phi) is 4.53. The van der Waals surface area contributed by atoms with Crippen LogP contribution in [0.5, 0.6) is 0 Å². The van der Waals surface area contributed by atoms with Gasteiger partial charge in [0.25, 0.3) is 0 Å². The summed E-state index contributed by atoms with van der Waals surface area (Å²) in [6.07, 6.45) is 0. The Balaban J connectivity index is 4.36. The second kappa shape index (κ2) is 4.71. The van der Waals surface area contributed by atoms with E-state index in [1.807, 2.05) is 0 Å². The first kappa shape index (κ1) is 15.4. The Bertz CT molecular complexity index is 352. The molecule has 0 aliphatic heterocycles. The Hall–Kier alpha value is -0.620. The summed E-state index contributed by atoms with van der Waals surface area (Å²) in [5.74, 6) is -1.06. The molecular formula is C10H21NO4S. The van der Waals surface area contributed by atoms with Crippen LogP contribution < -0.4 is 5.32 Å². The Labute approximate surface area is 97.2 Å². The van der Waals surface area contributed by atoms with Gasteiger partial charge in [0.1, 0.15) is 5.54 Å². The van der Waals surface area contributed by atoms with Gasteiger partial charge in [0.2, 0.25) is 0 Å². The molecule has 0 rings (SSSR count). The first-order valence-corrected chi connectivity index (χ1v) is 6.76. The molecule has 0 aliphatic carbocycles. The van der Waals surface area contributed by atoms with Crippen LogP contribution in [0.3, 0.4) is 0 Å². The first-order valence-electron chi connectivity index (χ1n) is 5.11. The number of aliphatic carboxylic acids is 1. The van der Waals surface area contributed by atoms with E-state index in [2.05, 4.69) is 5.32 Å². The van der Waals surface area contributed by atoms with Crippen molar-refractivity contribution in [2.75, 3.05) is 12.3 Å². The highest BCUT2D eigenvalue weighted by Crippen LogP contribution is 2.15. The fourth-order valence-corrected chi connectivity index (χ4v) is 1.86. The lowest BCUT2D eigenvalue weighted by molar-refractivity contribution is -0.143. The van der Waals surface area contributed by atoms with E-state index < -0.39 is 26.1 Å². The van der Waals surface area contributed by atoms with Crippen molar-refractivity contribution in [3.8, 4) is 0 Å². The van der Waals surface area contributed by atoms with Gasteiger partial charge < -0.3 is 10.4 Å². The average Bonchev–Trinajstić information content (AvgIpc) is 2.00. The summed E-state index contributed by atoms with van der Waals surface area (Å²) in [5.41, 5.74) is -1.10. The molecule has 6 heteroatoms. The standard InChI is InChI=1S/C10H21NO4S/c1-9(2,3)16(14,15)7-6-11-10(4,5)8(12)13/h11H,6-7H2,1-5H3,(H,12,13). The van der Waals surface area contributed by atoms with E-state index in [1.54, 1.807) is 20.8 Å². The van der Waals surface area contributed by atoms with Crippen molar-refractivity contribution < 1.29 is 18.3 Å². The number of carboxylic acids is 1. The molecule has 0 aromatic rings. The zero-order chi connectivity index (χ0) is 13.2. The predicted octanol–water partition coefficient (Wildman–Crippen LogP) is 0.652. The van der Waals surface area contributed by atoms with Gasteiger partial charge in [-0.25, -0.2) is 8.42 Å². The van der Waals surface area contributed by atoms with Gasteiger partial charge >= 0.3 is 5.97 Å². The summed E-state index contributed by atoms with van der Waals surface area (Å²) >= 11 is 0. The van der Waals surface area contributed by atoms with Crippen LogP contribution in [0.15, 0.2) is 0 Å². The summed E-state index contributed by atoms with van der Waals surface area (Å²) in [4.78, 5) is 10.8. The van der Waals surface area contributed by atoms with Crippen molar-refractivity contribution in [1.29, 1.82) is 0 Å². The van der Waals surface area contributed by atoms with Crippen LogP contribution in [0.1, 0.15) is 34.6 Å². The van der Waals surface area contributed by atoms with Gasteiger partial charge in [0, 0.05) is 6.54 Å². The zero-order valence-corrected chi connectivity index (χ0v) is 11.3. The summed E-state index contributed by atoms with van der Waals surface area (Å²) < 4.78 is 22.6. The molecule has 0 spiro atoms. The highest BCUT2D eigenvalue weighted by atomic mass is 32.2. The minimum Gasteiger partial charge on any atom is -0.480 e. The quantitative estimate of drug-likeness (QED) is 0.749. The minimum atomic E-state index is -3.20. The second-order valence-corrected chi connectivity index (χ2v) is 8.15. The number of hydrogen-bond acceptors (Lipinski definition) is 4. The molecule has 0 saturated carbocycles. The Morgan fingerprint density at radius 1 is 1.19 bits per heavy atom. The van der Waals surface area contributed by atoms with Gasteiger partial charge in [-0.1, -0.05) is 0 Å². The van der Waals surface area contributed by atoms with E-state index in [0.717, 1.165) is 0 Å². The molecule has 0 saturated heterocycles. The van der Waals surface area contributed by atoms with E-state index in [4.69, 9.17) is 5.11 Å². The molecule has 0 unspecified atom stereocenters. The van der Waals surface area contributed by atoms with Gasteiger partial charge in [-0.05, 0) is 34.6 Å². The summed E-state index contributed by atoms with van der Waals surface area (Å²) in [6.45, 7) is 8.02. The Morgan fingerprint density at radius 2 is 1.62 bits per heavy atom. The fourth-order valence-electron chi connectivity index (χ4n) is 0.880. The molecule has 5 nitrogen and oxygen atoms in total. The topological polar surface area (TPSA) is 83.5 Å². The average molecular weight is 251 g/mol. The molecule has 0 aromatic heterocycles. The van der Waals surface area contributed by atoms with Gasteiger partial charge in [0.05, 0.1) is 10.5 Å². The maximum absolute atomic E-state index is 11.7. The van der Waals surface area contributed by atoms with Crippen LogP contribution in [0.2, 0.25) is 0 Å². The van der Waals surface area contributed by atoms with E-state index in [-0.39, 0.29) is 12.3 Å². The number of nitrogens with one attached hydrogen (secondary N) is 1. The van der Waals surface area contributed by atoms with Crippen molar-refractivity contribution in [3.05, 3.63) is 0 Å². The number of carbonyl (C=O) groups is 1. The number of sulfone groups is 1. The van der Waals surface area contributed by atoms with E-state index >= 15 is 0 Å². The minimum absolute atomic E-state index is 0.0623. The highest BCUT2D eigenvalue weighted by Gasteiger charge is 2.31. The Morgan fingerprint density at radius 3 is 1.94 bits per heavy atom. The monoisotopic (exact) mass is 251 g/mol. The molecule has 0 atom stereocenters. The summed E-state index contributed by atoms with van der Waals surface area (Å²) in [7, 11) is -3.20. The van der Waals surface area contributed by atoms with E-state index in [0.29, 0.717) is 0 Å². The molecule has 0 amide bonds. The largest absolute Gasteiger partial charge is 0.480 e. The maximum Gasteiger partial charge on any atom is 0.323 e. The van der Waals surface area contributed by atoms with Crippen molar-refractivity contribution in [2.45, 2.75) is 44.9 Å². The van der Waals surface area contributed by atoms with Crippen LogP contribution >= 0.6 is 0 Å². The molecule has 0 fully saturated rings. The van der Waals surface area contributed by atoms with Gasteiger partial charge in [-0.15, -0.1) is 0 Å². The number of hydrogen-bond donors (Lipinski definition) is 2. The predicted molar refractivity (Wildman–Crippen MR) is 63.3 cm³/mol. The normalized spacial score (nSPS) is 13.8. The van der Waals surface area contributed by atoms with Crippen LogP contribution in [0.25, 0.3) is 0 Å². The summed E-state index contributed by atoms with van der Waals surface area (Å²) in [5, 5.41) is 11.5. The third kappa shape index (κ3) is 4.09. The van der Waals surface area contributed by atoms with Crippen LogP contribution in [-0.4, -0.2) is 42.1 Å². The maximum atomic E-state index is 11.7.